The third-order valence-corrected chi connectivity index (χ3v) is 6.13. The Morgan fingerprint density at radius 1 is 0.750 bits per heavy atom. The molecule has 1 atom stereocenters. The summed E-state index contributed by atoms with van der Waals surface area (Å²) in [5.74, 6) is 0. The number of nitrogens with zero attached hydrogens (tertiary/aromatic N) is 1. The first-order chi connectivity index (χ1) is 13.5. The number of allylic oxidation sites excluding steroid dienone is 2. The minimum absolute atomic E-state index is 0.310. The topological polar surface area (TPSA) is 3.24 Å². The summed E-state index contributed by atoms with van der Waals surface area (Å²) in [5, 5.41) is 0. The van der Waals surface area contributed by atoms with Crippen LogP contribution in [0.5, 0.6) is 0 Å². The molecule has 140 valence electrons. The molecule has 0 fully saturated rings. The molecule has 0 bridgehead atoms. The van der Waals surface area contributed by atoms with E-state index >= 15 is 0 Å². The quantitative estimate of drug-likeness (QED) is 0.305. The predicted octanol–water partition coefficient (Wildman–Crippen LogP) is 7.58. The van der Waals surface area contributed by atoms with Crippen LogP contribution in [0, 0.1) is 13.8 Å². The van der Waals surface area contributed by atoms with Crippen molar-refractivity contribution in [1.29, 1.82) is 0 Å². The van der Waals surface area contributed by atoms with Gasteiger partial charge in [0.1, 0.15) is 4.45 Å². The number of aryl methyl sites for hydroxylation is 2. The fourth-order valence-electron chi connectivity index (χ4n) is 3.58. The predicted molar refractivity (Wildman–Crippen MR) is 124 cm³/mol. The molecule has 1 nitrogen and oxygen atoms in total. The van der Waals surface area contributed by atoms with Crippen molar-refractivity contribution in [2.75, 3.05) is 4.90 Å². The second-order valence-electron chi connectivity index (χ2n) is 7.39. The van der Waals surface area contributed by atoms with Gasteiger partial charge in [-0.25, -0.2) is 0 Å². The van der Waals surface area contributed by atoms with Gasteiger partial charge in [0.15, 0.2) is 0 Å². The summed E-state index contributed by atoms with van der Waals surface area (Å²) in [6.45, 7) is 4.25. The maximum atomic E-state index is 4.07. The highest BCUT2D eigenvalue weighted by atomic mass is 79.9. The first-order valence-electron chi connectivity index (χ1n) is 9.62. The van der Waals surface area contributed by atoms with Crippen LogP contribution in [0.2, 0.25) is 0 Å². The van der Waals surface area contributed by atoms with E-state index in [0.29, 0.717) is 0 Å². The van der Waals surface area contributed by atoms with Crippen molar-refractivity contribution >= 4 is 32.9 Å². The average Bonchev–Trinajstić information content (AvgIpc) is 2.72. The second kappa shape index (κ2) is 7.81. The van der Waals surface area contributed by atoms with E-state index in [1.165, 1.54) is 33.6 Å². The number of anilines is 2. The van der Waals surface area contributed by atoms with E-state index in [1.807, 2.05) is 0 Å². The Morgan fingerprint density at radius 3 is 1.75 bits per heavy atom. The molecule has 0 spiro atoms. The molecule has 0 saturated heterocycles. The number of rotatable bonds is 4. The molecule has 1 aliphatic rings. The molecule has 1 unspecified atom stereocenters. The van der Waals surface area contributed by atoms with E-state index in [2.05, 4.69) is 132 Å². The van der Waals surface area contributed by atoms with E-state index in [1.54, 1.807) is 0 Å². The summed E-state index contributed by atoms with van der Waals surface area (Å²) < 4.78 is -0.310. The maximum absolute atomic E-state index is 4.07. The van der Waals surface area contributed by atoms with Gasteiger partial charge in [-0.2, -0.15) is 0 Å². The lowest BCUT2D eigenvalue weighted by molar-refractivity contribution is 0.740. The summed E-state index contributed by atoms with van der Waals surface area (Å²) in [5.41, 5.74) is 7.40. The zero-order valence-corrected chi connectivity index (χ0v) is 17.9. The Balaban J connectivity index is 1.72. The first-order valence-corrected chi connectivity index (χ1v) is 10.4. The highest BCUT2D eigenvalue weighted by Crippen LogP contribution is 2.43. The van der Waals surface area contributed by atoms with Crippen molar-refractivity contribution < 1.29 is 0 Å². The van der Waals surface area contributed by atoms with E-state index in [4.69, 9.17) is 0 Å². The van der Waals surface area contributed by atoms with Gasteiger partial charge in [0.05, 0.1) is 0 Å². The van der Waals surface area contributed by atoms with Gasteiger partial charge in [-0.1, -0.05) is 93.8 Å². The van der Waals surface area contributed by atoms with Crippen LogP contribution >= 0.6 is 15.9 Å². The fraction of sp³-hybridized carbons (Fsp3) is 0.154. The highest BCUT2D eigenvalue weighted by Gasteiger charge is 2.34. The average molecular weight is 430 g/mol. The first kappa shape index (κ1) is 18.8. The molecular weight excluding hydrogens is 406 g/mol. The third kappa shape index (κ3) is 3.83. The van der Waals surface area contributed by atoms with Gasteiger partial charge in [-0.3, -0.25) is 0 Å². The SMILES string of the molecule is Cc1ccc(N(c2ccc(C)cc2)C2(Br)C=CC(c3ccccc3)=CC2)cc1. The molecule has 0 N–H and O–H groups in total. The third-order valence-electron chi connectivity index (χ3n) is 5.19. The van der Waals surface area contributed by atoms with Crippen LogP contribution in [0.25, 0.3) is 5.57 Å². The van der Waals surface area contributed by atoms with Gasteiger partial charge >= 0.3 is 0 Å². The van der Waals surface area contributed by atoms with Gasteiger partial charge in [-0.05, 0) is 55.3 Å². The Labute approximate surface area is 176 Å². The summed E-state index contributed by atoms with van der Waals surface area (Å²) in [6.07, 6.45) is 7.69. The Hall–Kier alpha value is -2.58. The van der Waals surface area contributed by atoms with Crippen LogP contribution in [-0.4, -0.2) is 4.45 Å². The molecule has 0 radical (unpaired) electrons. The van der Waals surface area contributed by atoms with Gasteiger partial charge in [-0.15, -0.1) is 0 Å². The largest absolute Gasteiger partial charge is 0.322 e. The summed E-state index contributed by atoms with van der Waals surface area (Å²) in [7, 11) is 0. The standard InChI is InChI=1S/C26H24BrN/c1-20-8-12-24(13-9-20)28(25-14-10-21(2)11-15-25)26(27)18-16-23(17-19-26)22-6-4-3-5-7-22/h3-18H,19H2,1-2H3. The monoisotopic (exact) mass is 429 g/mol. The molecule has 3 aromatic rings. The number of halogens is 1. The zero-order chi connectivity index (χ0) is 19.6. The molecule has 2 heteroatoms. The Kier molecular flexibility index (Phi) is 5.23. The van der Waals surface area contributed by atoms with Crippen LogP contribution in [0.3, 0.4) is 0 Å². The lowest BCUT2D eigenvalue weighted by Gasteiger charge is -2.40. The van der Waals surface area contributed by atoms with Crippen molar-refractivity contribution in [2.24, 2.45) is 0 Å². The maximum Gasteiger partial charge on any atom is 0.122 e. The summed E-state index contributed by atoms with van der Waals surface area (Å²) in [4.78, 5) is 2.38. The van der Waals surface area contributed by atoms with Gasteiger partial charge in [0.25, 0.3) is 0 Å². The summed E-state index contributed by atoms with van der Waals surface area (Å²) in [6, 6.07) is 28.0. The lowest BCUT2D eigenvalue weighted by atomic mass is 9.95. The molecule has 3 aromatic carbocycles. The van der Waals surface area contributed by atoms with E-state index in [-0.39, 0.29) is 4.45 Å². The van der Waals surface area contributed by atoms with E-state index in [9.17, 15) is 0 Å². The number of hydrogen-bond acceptors (Lipinski definition) is 1. The molecule has 0 aliphatic heterocycles. The fourth-order valence-corrected chi connectivity index (χ4v) is 4.29. The van der Waals surface area contributed by atoms with Gasteiger partial charge in [0.2, 0.25) is 0 Å². The van der Waals surface area contributed by atoms with Crippen LogP contribution in [0.4, 0.5) is 11.4 Å². The normalized spacial score (nSPS) is 18.6. The second-order valence-corrected chi connectivity index (χ2v) is 8.76. The molecule has 28 heavy (non-hydrogen) atoms. The number of hydrogen-bond donors (Lipinski definition) is 0. The molecule has 4 rings (SSSR count). The van der Waals surface area contributed by atoms with Crippen LogP contribution in [-0.2, 0) is 0 Å². The minimum Gasteiger partial charge on any atom is -0.322 e. The van der Waals surface area contributed by atoms with E-state index in [0.717, 1.165) is 6.42 Å². The van der Waals surface area contributed by atoms with Gasteiger partial charge in [0, 0.05) is 17.8 Å². The molecule has 1 aliphatic carbocycles. The Morgan fingerprint density at radius 2 is 1.29 bits per heavy atom. The van der Waals surface area contributed by atoms with Crippen LogP contribution < -0.4 is 4.90 Å². The van der Waals surface area contributed by atoms with Crippen molar-refractivity contribution in [1.82, 2.24) is 0 Å². The summed E-state index contributed by atoms with van der Waals surface area (Å²) >= 11 is 4.07. The lowest BCUT2D eigenvalue weighted by Crippen LogP contribution is -2.39. The van der Waals surface area contributed by atoms with E-state index < -0.39 is 0 Å². The van der Waals surface area contributed by atoms with Crippen molar-refractivity contribution in [2.45, 2.75) is 24.7 Å². The zero-order valence-electron chi connectivity index (χ0n) is 16.3. The molecular formula is C26H24BrN. The van der Waals surface area contributed by atoms with Crippen LogP contribution in [0.1, 0.15) is 23.1 Å². The molecule has 0 aromatic heterocycles. The van der Waals surface area contributed by atoms with Crippen molar-refractivity contribution in [3.63, 3.8) is 0 Å². The van der Waals surface area contributed by atoms with Gasteiger partial charge < -0.3 is 4.90 Å². The smallest absolute Gasteiger partial charge is 0.122 e. The minimum atomic E-state index is -0.310. The molecule has 0 heterocycles. The highest BCUT2D eigenvalue weighted by molar-refractivity contribution is 9.10. The van der Waals surface area contributed by atoms with Crippen molar-refractivity contribution in [3.05, 3.63) is 114 Å². The van der Waals surface area contributed by atoms with Crippen molar-refractivity contribution in [3.8, 4) is 0 Å². The molecule has 0 saturated carbocycles. The van der Waals surface area contributed by atoms with Crippen LogP contribution in [0.15, 0.2) is 97.1 Å². The Bertz CT molecular complexity index is 955. The molecule has 0 amide bonds. The number of alkyl halides is 1. The number of benzene rings is 3.